The molecule has 2 aliphatic rings. The second-order valence-corrected chi connectivity index (χ2v) is 8.17. The highest BCUT2D eigenvalue weighted by Gasteiger charge is 2.39. The monoisotopic (exact) mass is 370 g/mol. The third-order valence-electron chi connectivity index (χ3n) is 5.38. The summed E-state index contributed by atoms with van der Waals surface area (Å²) < 4.78 is 14.6. The number of aromatic nitrogens is 4. The van der Waals surface area contributed by atoms with Crippen molar-refractivity contribution in [1.29, 1.82) is 0 Å². The van der Waals surface area contributed by atoms with Crippen LogP contribution in [-0.2, 0) is 0 Å². The Morgan fingerprint density at radius 2 is 1.92 bits per heavy atom. The minimum Gasteiger partial charge on any atom is -0.346 e. The fraction of sp³-hybridized carbons (Fsp3) is 0.389. The molecule has 2 fully saturated rings. The van der Waals surface area contributed by atoms with Crippen LogP contribution in [0.1, 0.15) is 0 Å². The highest BCUT2D eigenvalue weighted by atomic mass is 32.1. The minimum absolute atomic E-state index is 0.286. The van der Waals surface area contributed by atoms with Gasteiger partial charge in [0.15, 0.2) is 5.01 Å². The summed E-state index contributed by atoms with van der Waals surface area (Å²) in [7, 11) is 2.18. The van der Waals surface area contributed by atoms with Gasteiger partial charge in [-0.15, -0.1) is 10.2 Å². The van der Waals surface area contributed by atoms with Crippen molar-refractivity contribution < 1.29 is 4.39 Å². The normalized spacial score (nSPS) is 22.9. The first kappa shape index (κ1) is 15.9. The first-order valence-electron chi connectivity index (χ1n) is 8.73. The van der Waals surface area contributed by atoms with Crippen LogP contribution in [0.4, 0.5) is 9.52 Å². The average Bonchev–Trinajstić information content (AvgIpc) is 3.38. The van der Waals surface area contributed by atoms with E-state index in [1.165, 1.54) is 17.4 Å². The van der Waals surface area contributed by atoms with Gasteiger partial charge in [-0.05, 0) is 36.6 Å². The van der Waals surface area contributed by atoms with Gasteiger partial charge in [-0.25, -0.2) is 4.39 Å². The molecule has 0 bridgehead atoms. The summed E-state index contributed by atoms with van der Waals surface area (Å²) in [6.07, 6.45) is 3.43. The van der Waals surface area contributed by atoms with Gasteiger partial charge in [0, 0.05) is 43.5 Å². The standard InChI is InChI=1S/C18H19FN6S/c1-24-7-13-9-25(10-14(13)8-24)18-23-22-17(26-18)15-3-2-11(4-16(15)19)12-5-20-21-6-12/h2-6,13-14H,7-10H2,1H3,(H,20,21)/t13-,14+. The van der Waals surface area contributed by atoms with Gasteiger partial charge in [-0.2, -0.15) is 5.10 Å². The lowest BCUT2D eigenvalue weighted by atomic mass is 10.0. The number of hydrogen-bond donors (Lipinski definition) is 1. The van der Waals surface area contributed by atoms with Crippen molar-refractivity contribution in [3.8, 4) is 21.7 Å². The van der Waals surface area contributed by atoms with Gasteiger partial charge in [0.05, 0.1) is 6.20 Å². The summed E-state index contributed by atoms with van der Waals surface area (Å²) in [6, 6.07) is 5.19. The van der Waals surface area contributed by atoms with Gasteiger partial charge in [0.1, 0.15) is 5.82 Å². The highest BCUT2D eigenvalue weighted by molar-refractivity contribution is 7.18. The molecule has 0 spiro atoms. The summed E-state index contributed by atoms with van der Waals surface area (Å²) in [6.45, 7) is 4.34. The van der Waals surface area contributed by atoms with Crippen LogP contribution in [0.5, 0.6) is 0 Å². The van der Waals surface area contributed by atoms with Gasteiger partial charge in [0.2, 0.25) is 5.13 Å². The molecule has 0 aliphatic carbocycles. The molecule has 0 radical (unpaired) electrons. The zero-order chi connectivity index (χ0) is 17.7. The zero-order valence-corrected chi connectivity index (χ0v) is 15.2. The lowest BCUT2D eigenvalue weighted by Gasteiger charge is -2.17. The average molecular weight is 370 g/mol. The molecule has 1 aromatic carbocycles. The third-order valence-corrected chi connectivity index (χ3v) is 6.40. The van der Waals surface area contributed by atoms with E-state index in [9.17, 15) is 4.39 Å². The van der Waals surface area contributed by atoms with Crippen LogP contribution in [0.3, 0.4) is 0 Å². The quantitative estimate of drug-likeness (QED) is 0.768. The Labute approximate surface area is 154 Å². The molecule has 2 aliphatic heterocycles. The predicted molar refractivity (Wildman–Crippen MR) is 99.6 cm³/mol. The minimum atomic E-state index is -0.286. The number of fused-ring (bicyclic) bond motifs is 1. The Morgan fingerprint density at radius 1 is 1.12 bits per heavy atom. The van der Waals surface area contributed by atoms with Gasteiger partial charge >= 0.3 is 0 Å². The van der Waals surface area contributed by atoms with E-state index in [1.54, 1.807) is 18.5 Å². The molecule has 1 N–H and O–H groups in total. The third kappa shape index (κ3) is 2.69. The molecule has 0 amide bonds. The number of halogens is 1. The van der Waals surface area contributed by atoms with Gasteiger partial charge in [-0.3, -0.25) is 5.10 Å². The zero-order valence-electron chi connectivity index (χ0n) is 14.4. The topological polar surface area (TPSA) is 60.9 Å². The first-order chi connectivity index (χ1) is 12.7. The van der Waals surface area contributed by atoms with Crippen LogP contribution < -0.4 is 4.90 Å². The summed E-state index contributed by atoms with van der Waals surface area (Å²) >= 11 is 1.47. The molecule has 0 saturated carbocycles. The number of nitrogens with zero attached hydrogens (tertiary/aromatic N) is 5. The van der Waals surface area contributed by atoms with E-state index in [1.807, 2.05) is 6.07 Å². The van der Waals surface area contributed by atoms with E-state index in [4.69, 9.17) is 0 Å². The van der Waals surface area contributed by atoms with E-state index in [0.29, 0.717) is 22.4 Å². The molecule has 134 valence electrons. The summed E-state index contributed by atoms with van der Waals surface area (Å²) in [5.74, 6) is 1.13. The maximum absolute atomic E-state index is 14.6. The van der Waals surface area contributed by atoms with E-state index < -0.39 is 0 Å². The molecule has 5 rings (SSSR count). The SMILES string of the molecule is CN1C[C@@H]2CN(c3nnc(-c4ccc(-c5cn[nH]c5)cc4F)s3)C[C@@H]2C1. The molecular formula is C18H19FN6S. The van der Waals surface area contributed by atoms with Crippen molar-refractivity contribution in [2.45, 2.75) is 0 Å². The van der Waals surface area contributed by atoms with Gasteiger partial charge in [0.25, 0.3) is 0 Å². The van der Waals surface area contributed by atoms with Crippen LogP contribution in [0.25, 0.3) is 21.7 Å². The Hall–Kier alpha value is -2.32. The van der Waals surface area contributed by atoms with E-state index in [2.05, 4.69) is 37.2 Å². The van der Waals surface area contributed by atoms with Crippen LogP contribution in [0, 0.1) is 17.7 Å². The van der Waals surface area contributed by atoms with Gasteiger partial charge < -0.3 is 9.80 Å². The van der Waals surface area contributed by atoms with Crippen LogP contribution in [0.2, 0.25) is 0 Å². The number of hydrogen-bond acceptors (Lipinski definition) is 6. The smallest absolute Gasteiger partial charge is 0.208 e. The van der Waals surface area contributed by atoms with Crippen molar-refractivity contribution in [1.82, 2.24) is 25.3 Å². The van der Waals surface area contributed by atoms with Crippen LogP contribution in [-0.4, -0.2) is 58.5 Å². The Balaban J connectivity index is 1.37. The number of likely N-dealkylation sites (tertiary alicyclic amines) is 1. The van der Waals surface area contributed by atoms with Crippen molar-refractivity contribution in [3.63, 3.8) is 0 Å². The lowest BCUT2D eigenvalue weighted by molar-refractivity contribution is 0.387. The Morgan fingerprint density at radius 3 is 2.62 bits per heavy atom. The number of rotatable bonds is 3. The van der Waals surface area contributed by atoms with Crippen LogP contribution in [0.15, 0.2) is 30.6 Å². The van der Waals surface area contributed by atoms with Crippen molar-refractivity contribution in [2.24, 2.45) is 11.8 Å². The summed E-state index contributed by atoms with van der Waals surface area (Å²) in [5, 5.41) is 16.8. The maximum Gasteiger partial charge on any atom is 0.208 e. The van der Waals surface area contributed by atoms with Crippen LogP contribution >= 0.6 is 11.3 Å². The molecular weight excluding hydrogens is 351 g/mol. The molecule has 2 saturated heterocycles. The second kappa shape index (κ2) is 6.14. The summed E-state index contributed by atoms with van der Waals surface area (Å²) in [4.78, 5) is 4.70. The number of H-pyrrole nitrogens is 1. The molecule has 2 aromatic heterocycles. The molecule has 4 heterocycles. The molecule has 6 nitrogen and oxygen atoms in total. The van der Waals surface area contributed by atoms with Crippen molar-refractivity contribution >= 4 is 16.5 Å². The first-order valence-corrected chi connectivity index (χ1v) is 9.55. The Bertz CT molecular complexity index is 910. The van der Waals surface area contributed by atoms with Crippen molar-refractivity contribution in [2.75, 3.05) is 38.1 Å². The Kier molecular flexibility index (Phi) is 3.75. The molecule has 3 aromatic rings. The molecule has 26 heavy (non-hydrogen) atoms. The lowest BCUT2D eigenvalue weighted by Crippen LogP contribution is -2.26. The molecule has 8 heteroatoms. The molecule has 0 unspecified atom stereocenters. The van der Waals surface area contributed by atoms with E-state index in [0.717, 1.165) is 42.4 Å². The molecule has 2 atom stereocenters. The number of benzene rings is 1. The maximum atomic E-state index is 14.6. The van der Waals surface area contributed by atoms with Gasteiger partial charge in [-0.1, -0.05) is 17.4 Å². The number of aromatic amines is 1. The fourth-order valence-electron chi connectivity index (χ4n) is 4.11. The second-order valence-electron chi connectivity index (χ2n) is 7.22. The van der Waals surface area contributed by atoms with E-state index >= 15 is 0 Å². The number of anilines is 1. The summed E-state index contributed by atoms with van der Waals surface area (Å²) in [5.41, 5.74) is 2.16. The predicted octanol–water partition coefficient (Wildman–Crippen LogP) is 2.73. The van der Waals surface area contributed by atoms with E-state index in [-0.39, 0.29) is 5.82 Å². The number of nitrogens with one attached hydrogen (secondary N) is 1. The van der Waals surface area contributed by atoms with Crippen molar-refractivity contribution in [3.05, 3.63) is 36.4 Å². The fourth-order valence-corrected chi connectivity index (χ4v) is 5.00. The largest absolute Gasteiger partial charge is 0.346 e. The highest BCUT2D eigenvalue weighted by Crippen LogP contribution is 2.37.